The minimum Gasteiger partial charge on any atom is -0.478 e. The van der Waals surface area contributed by atoms with Crippen molar-refractivity contribution in [2.45, 2.75) is 24.0 Å². The minimum absolute atomic E-state index is 0.0670. The summed E-state index contributed by atoms with van der Waals surface area (Å²) in [5, 5.41) is 16.6. The fraction of sp³-hybridized carbons (Fsp3) is 0.107. The van der Waals surface area contributed by atoms with Gasteiger partial charge in [-0.2, -0.15) is 0 Å². The van der Waals surface area contributed by atoms with Crippen LogP contribution in [0.4, 0.5) is 11.4 Å². The molecular weight excluding hydrogens is 496 g/mol. The van der Waals surface area contributed by atoms with Gasteiger partial charge < -0.3 is 15.7 Å². The Morgan fingerprint density at radius 1 is 0.889 bits per heavy atom. The Bertz CT molecular complexity index is 1480. The van der Waals surface area contributed by atoms with Crippen LogP contribution in [0.5, 0.6) is 0 Å². The summed E-state index contributed by atoms with van der Waals surface area (Å²) < 4.78 is 0. The quantitative estimate of drug-likeness (QED) is 0.232. The Hall–Kier alpha value is -3.81. The van der Waals surface area contributed by atoms with Gasteiger partial charge in [0.1, 0.15) is 0 Å². The molecule has 0 bridgehead atoms. The predicted octanol–water partition coefficient (Wildman–Crippen LogP) is 6.87. The van der Waals surface area contributed by atoms with Gasteiger partial charge in [-0.3, -0.25) is 9.59 Å². The Labute approximate surface area is 217 Å². The molecule has 0 aliphatic rings. The lowest BCUT2D eigenvalue weighted by atomic mass is 9.98. The number of amides is 2. The fourth-order valence-electron chi connectivity index (χ4n) is 3.79. The summed E-state index contributed by atoms with van der Waals surface area (Å²) in [6.07, 6.45) is 0. The normalized spacial score (nSPS) is 11.6. The molecule has 0 aromatic heterocycles. The zero-order chi connectivity index (χ0) is 25.8. The first-order valence-electron chi connectivity index (χ1n) is 11.1. The van der Waals surface area contributed by atoms with E-state index in [9.17, 15) is 19.5 Å². The van der Waals surface area contributed by atoms with Crippen molar-refractivity contribution in [1.82, 2.24) is 0 Å². The van der Waals surface area contributed by atoms with E-state index in [1.165, 1.54) is 17.8 Å². The van der Waals surface area contributed by atoms with Crippen molar-refractivity contribution < 1.29 is 19.5 Å². The number of rotatable bonds is 7. The zero-order valence-electron chi connectivity index (χ0n) is 19.5. The number of halogens is 1. The first-order chi connectivity index (χ1) is 17.2. The average Bonchev–Trinajstić information content (AvgIpc) is 2.86. The number of aromatic carboxylic acids is 1. The summed E-state index contributed by atoms with van der Waals surface area (Å²) in [7, 11) is 0. The van der Waals surface area contributed by atoms with Crippen LogP contribution in [0, 0.1) is 6.92 Å². The van der Waals surface area contributed by atoms with E-state index >= 15 is 0 Å². The molecule has 6 nitrogen and oxygen atoms in total. The van der Waals surface area contributed by atoms with Crippen molar-refractivity contribution in [2.75, 3.05) is 10.6 Å². The van der Waals surface area contributed by atoms with Crippen LogP contribution >= 0.6 is 23.4 Å². The summed E-state index contributed by atoms with van der Waals surface area (Å²) in [6, 6.07) is 22.5. The third kappa shape index (κ3) is 5.53. The molecular formula is C28H23ClN2O4S. The lowest BCUT2D eigenvalue weighted by molar-refractivity contribution is -0.115. The lowest BCUT2D eigenvalue weighted by Crippen LogP contribution is -2.22. The summed E-state index contributed by atoms with van der Waals surface area (Å²) in [5.41, 5.74) is 2.34. The van der Waals surface area contributed by atoms with Crippen molar-refractivity contribution in [3.63, 3.8) is 0 Å². The van der Waals surface area contributed by atoms with Gasteiger partial charge in [0.05, 0.1) is 10.8 Å². The molecule has 4 rings (SSSR count). The van der Waals surface area contributed by atoms with Gasteiger partial charge in [-0.15, -0.1) is 11.8 Å². The number of carbonyl (C=O) groups is 3. The Kier molecular flexibility index (Phi) is 7.62. The number of carboxylic acid groups (broad SMARTS) is 1. The van der Waals surface area contributed by atoms with Crippen molar-refractivity contribution in [2.24, 2.45) is 0 Å². The van der Waals surface area contributed by atoms with Gasteiger partial charge in [-0.1, -0.05) is 48.0 Å². The number of nitrogens with one attached hydrogen (secondary N) is 2. The number of fused-ring (bicyclic) bond motifs is 1. The first-order valence-corrected chi connectivity index (χ1v) is 12.4. The maximum atomic E-state index is 13.1. The van der Waals surface area contributed by atoms with Crippen LogP contribution < -0.4 is 10.6 Å². The Morgan fingerprint density at radius 2 is 1.56 bits per heavy atom. The van der Waals surface area contributed by atoms with Crippen LogP contribution in [-0.2, 0) is 4.79 Å². The number of carbonyl (C=O) groups excluding carboxylic acids is 2. The second-order valence-corrected chi connectivity index (χ2v) is 9.98. The van der Waals surface area contributed by atoms with Gasteiger partial charge in [-0.25, -0.2) is 4.79 Å². The molecule has 36 heavy (non-hydrogen) atoms. The lowest BCUT2D eigenvalue weighted by Gasteiger charge is -2.15. The first kappa shape index (κ1) is 25.3. The number of hydrogen-bond acceptors (Lipinski definition) is 4. The second-order valence-electron chi connectivity index (χ2n) is 8.16. The van der Waals surface area contributed by atoms with E-state index < -0.39 is 17.1 Å². The van der Waals surface area contributed by atoms with Gasteiger partial charge in [0, 0.05) is 32.2 Å². The van der Waals surface area contributed by atoms with Crippen LogP contribution in [-0.4, -0.2) is 28.1 Å². The molecule has 8 heteroatoms. The van der Waals surface area contributed by atoms with Crippen molar-refractivity contribution >= 4 is 63.3 Å². The number of thioether (sulfide) groups is 1. The van der Waals surface area contributed by atoms with Crippen molar-refractivity contribution in [3.05, 3.63) is 101 Å². The smallest absolute Gasteiger partial charge is 0.336 e. The van der Waals surface area contributed by atoms with E-state index in [0.29, 0.717) is 27.2 Å². The summed E-state index contributed by atoms with van der Waals surface area (Å²) in [5.74, 6) is -1.69. The number of benzene rings is 4. The molecule has 1 atom stereocenters. The molecule has 0 aliphatic heterocycles. The molecule has 1 unspecified atom stereocenters. The Balaban J connectivity index is 1.50. The highest BCUT2D eigenvalue weighted by Crippen LogP contribution is 2.29. The molecule has 0 heterocycles. The minimum atomic E-state index is -1.10. The molecule has 0 saturated carbocycles. The van der Waals surface area contributed by atoms with Gasteiger partial charge in [0.25, 0.3) is 5.91 Å². The molecule has 0 spiro atoms. The van der Waals surface area contributed by atoms with E-state index in [-0.39, 0.29) is 17.0 Å². The SMILES string of the molecule is Cc1c(Cl)cccc1NC(=O)C(C)Sc1cccc(NC(=O)c2cccc3cccc(C(=O)O)c23)c1. The highest BCUT2D eigenvalue weighted by molar-refractivity contribution is 8.00. The molecule has 0 aliphatic carbocycles. The molecule has 4 aromatic rings. The predicted molar refractivity (Wildman–Crippen MR) is 145 cm³/mol. The largest absolute Gasteiger partial charge is 0.478 e. The van der Waals surface area contributed by atoms with Crippen LogP contribution in [0.1, 0.15) is 33.2 Å². The summed E-state index contributed by atoms with van der Waals surface area (Å²) >= 11 is 7.50. The zero-order valence-corrected chi connectivity index (χ0v) is 21.1. The van der Waals surface area contributed by atoms with Crippen molar-refractivity contribution in [1.29, 1.82) is 0 Å². The molecule has 0 radical (unpaired) electrons. The van der Waals surface area contributed by atoms with Gasteiger partial charge >= 0.3 is 5.97 Å². The number of anilines is 2. The van der Waals surface area contributed by atoms with E-state index in [1.54, 1.807) is 73.7 Å². The maximum Gasteiger partial charge on any atom is 0.336 e. The monoisotopic (exact) mass is 518 g/mol. The van der Waals surface area contributed by atoms with E-state index in [2.05, 4.69) is 10.6 Å². The molecule has 2 amide bonds. The number of hydrogen-bond donors (Lipinski definition) is 3. The standard InChI is InChI=1S/C28H23ClN2O4S/c1-16-23(29)13-6-14-24(16)31-26(32)17(2)36-20-10-5-9-19(15-20)30-27(33)21-11-3-7-18-8-4-12-22(25(18)21)28(34)35/h3-15,17H,1-2H3,(H,30,33)(H,31,32)(H,34,35). The topological polar surface area (TPSA) is 95.5 Å². The van der Waals surface area contributed by atoms with Crippen LogP contribution in [0.2, 0.25) is 5.02 Å². The molecule has 4 aromatic carbocycles. The van der Waals surface area contributed by atoms with Gasteiger partial charge in [0.2, 0.25) is 5.91 Å². The highest BCUT2D eigenvalue weighted by Gasteiger charge is 2.18. The molecule has 0 saturated heterocycles. The summed E-state index contributed by atoms with van der Waals surface area (Å²) in [4.78, 5) is 38.4. The molecule has 0 fully saturated rings. The Morgan fingerprint density at radius 3 is 2.28 bits per heavy atom. The highest BCUT2D eigenvalue weighted by atomic mass is 35.5. The molecule has 3 N–H and O–H groups in total. The number of carboxylic acids is 1. The average molecular weight is 519 g/mol. The van der Waals surface area contributed by atoms with Crippen LogP contribution in [0.25, 0.3) is 10.8 Å². The van der Waals surface area contributed by atoms with Gasteiger partial charge in [0.15, 0.2) is 0 Å². The third-order valence-electron chi connectivity index (χ3n) is 5.68. The molecule has 182 valence electrons. The van der Waals surface area contributed by atoms with Crippen molar-refractivity contribution in [3.8, 4) is 0 Å². The van der Waals surface area contributed by atoms with E-state index in [4.69, 9.17) is 11.6 Å². The third-order valence-corrected chi connectivity index (χ3v) is 7.18. The maximum absolute atomic E-state index is 13.1. The van der Waals surface area contributed by atoms with E-state index in [1.807, 2.05) is 13.0 Å². The van der Waals surface area contributed by atoms with Gasteiger partial charge in [-0.05, 0) is 67.3 Å². The second kappa shape index (κ2) is 10.8. The van der Waals surface area contributed by atoms with Crippen LogP contribution in [0.15, 0.2) is 83.8 Å². The van der Waals surface area contributed by atoms with E-state index in [0.717, 1.165) is 10.5 Å². The van der Waals surface area contributed by atoms with Crippen LogP contribution in [0.3, 0.4) is 0 Å². The fourth-order valence-corrected chi connectivity index (χ4v) is 4.89. The summed E-state index contributed by atoms with van der Waals surface area (Å²) in [6.45, 7) is 3.64.